The van der Waals surface area contributed by atoms with Gasteiger partial charge < -0.3 is 20.1 Å². The van der Waals surface area contributed by atoms with Gasteiger partial charge in [-0.15, -0.1) is 0 Å². The van der Waals surface area contributed by atoms with Gasteiger partial charge in [0.1, 0.15) is 6.04 Å². The minimum atomic E-state index is -0.448. The molecule has 1 saturated heterocycles. The molecule has 0 spiro atoms. The molecule has 160 valence electrons. The molecule has 1 aliphatic heterocycles. The summed E-state index contributed by atoms with van der Waals surface area (Å²) in [6.45, 7) is 6.42. The van der Waals surface area contributed by atoms with E-state index in [1.54, 1.807) is 11.9 Å². The second kappa shape index (κ2) is 9.15. The SMILES string of the molecule is CNC(=O)C1CCCN1C(=O)CNC(=O)c1cc(C)n(C(C)c2ccccc2)c1C. The minimum absolute atomic E-state index is 0.0901. The molecule has 3 rings (SSSR count). The Labute approximate surface area is 177 Å². The lowest BCUT2D eigenvalue weighted by molar-refractivity contribution is -0.137. The van der Waals surface area contributed by atoms with Gasteiger partial charge in [-0.25, -0.2) is 0 Å². The Balaban J connectivity index is 1.69. The van der Waals surface area contributed by atoms with Crippen molar-refractivity contribution < 1.29 is 14.4 Å². The zero-order valence-electron chi connectivity index (χ0n) is 18.1. The summed E-state index contributed by atoms with van der Waals surface area (Å²) in [6.07, 6.45) is 1.44. The number of nitrogens with one attached hydrogen (secondary N) is 2. The van der Waals surface area contributed by atoms with Crippen LogP contribution in [0.3, 0.4) is 0 Å². The van der Waals surface area contributed by atoms with Crippen molar-refractivity contribution in [2.45, 2.75) is 45.7 Å². The molecular formula is C23H30N4O3. The van der Waals surface area contributed by atoms with Crippen LogP contribution < -0.4 is 10.6 Å². The molecule has 2 aromatic rings. The highest BCUT2D eigenvalue weighted by Crippen LogP contribution is 2.25. The van der Waals surface area contributed by atoms with Gasteiger partial charge in [0.2, 0.25) is 11.8 Å². The maximum Gasteiger partial charge on any atom is 0.253 e. The van der Waals surface area contributed by atoms with Crippen LogP contribution in [0.2, 0.25) is 0 Å². The van der Waals surface area contributed by atoms with E-state index in [9.17, 15) is 14.4 Å². The molecule has 2 atom stereocenters. The van der Waals surface area contributed by atoms with Crippen LogP contribution in [-0.2, 0) is 9.59 Å². The fraction of sp³-hybridized carbons (Fsp3) is 0.435. The third kappa shape index (κ3) is 4.25. The van der Waals surface area contributed by atoms with E-state index in [1.807, 2.05) is 38.1 Å². The number of likely N-dealkylation sites (N-methyl/N-ethyl adjacent to an activating group) is 1. The first kappa shape index (κ1) is 21.6. The van der Waals surface area contributed by atoms with Crippen molar-refractivity contribution in [3.8, 4) is 0 Å². The van der Waals surface area contributed by atoms with Crippen LogP contribution in [0.15, 0.2) is 36.4 Å². The molecule has 1 aliphatic rings. The zero-order valence-corrected chi connectivity index (χ0v) is 18.1. The summed E-state index contributed by atoms with van der Waals surface area (Å²) in [5.74, 6) is -0.676. The van der Waals surface area contributed by atoms with Crippen molar-refractivity contribution in [1.82, 2.24) is 20.1 Å². The monoisotopic (exact) mass is 410 g/mol. The number of aryl methyl sites for hydroxylation is 1. The van der Waals surface area contributed by atoms with Gasteiger partial charge in [0.15, 0.2) is 0 Å². The van der Waals surface area contributed by atoms with Gasteiger partial charge in [0.05, 0.1) is 18.2 Å². The number of nitrogens with zero attached hydrogens (tertiary/aromatic N) is 2. The van der Waals surface area contributed by atoms with E-state index in [1.165, 1.54) is 0 Å². The van der Waals surface area contributed by atoms with Gasteiger partial charge in [-0.05, 0) is 45.2 Å². The van der Waals surface area contributed by atoms with E-state index in [2.05, 4.69) is 34.3 Å². The number of benzene rings is 1. The van der Waals surface area contributed by atoms with E-state index in [4.69, 9.17) is 0 Å². The largest absolute Gasteiger partial charge is 0.357 e. The zero-order chi connectivity index (χ0) is 21.8. The summed E-state index contributed by atoms with van der Waals surface area (Å²) in [5.41, 5.74) is 3.57. The van der Waals surface area contributed by atoms with Gasteiger partial charge >= 0.3 is 0 Å². The number of hydrogen-bond donors (Lipinski definition) is 2. The van der Waals surface area contributed by atoms with Crippen LogP contribution in [0, 0.1) is 13.8 Å². The first-order valence-corrected chi connectivity index (χ1v) is 10.4. The second-order valence-corrected chi connectivity index (χ2v) is 7.78. The van der Waals surface area contributed by atoms with Gasteiger partial charge in [-0.3, -0.25) is 14.4 Å². The lowest BCUT2D eigenvalue weighted by Crippen LogP contribution is -2.48. The number of carbonyl (C=O) groups excluding carboxylic acids is 3. The molecule has 1 aromatic carbocycles. The Morgan fingerprint density at radius 2 is 1.87 bits per heavy atom. The van der Waals surface area contributed by atoms with Crippen LogP contribution in [-0.4, -0.2) is 53.4 Å². The summed E-state index contributed by atoms with van der Waals surface area (Å²) in [7, 11) is 1.57. The van der Waals surface area contributed by atoms with Gasteiger partial charge in [-0.1, -0.05) is 30.3 Å². The smallest absolute Gasteiger partial charge is 0.253 e. The maximum atomic E-state index is 12.8. The molecule has 0 bridgehead atoms. The number of carbonyl (C=O) groups is 3. The van der Waals surface area contributed by atoms with E-state index in [0.717, 1.165) is 23.4 Å². The third-order valence-electron chi connectivity index (χ3n) is 5.92. The molecule has 0 saturated carbocycles. The molecular weight excluding hydrogens is 380 g/mol. The number of likely N-dealkylation sites (tertiary alicyclic amines) is 1. The number of aromatic nitrogens is 1. The Hall–Kier alpha value is -3.09. The van der Waals surface area contributed by atoms with E-state index in [-0.39, 0.29) is 30.3 Å². The summed E-state index contributed by atoms with van der Waals surface area (Å²) in [6, 6.07) is 11.6. The number of rotatable bonds is 6. The molecule has 3 amide bonds. The van der Waals surface area contributed by atoms with Crippen molar-refractivity contribution in [2.75, 3.05) is 20.1 Å². The van der Waals surface area contributed by atoms with Gasteiger partial charge in [-0.2, -0.15) is 0 Å². The summed E-state index contributed by atoms with van der Waals surface area (Å²) in [5, 5.41) is 5.34. The highest BCUT2D eigenvalue weighted by molar-refractivity contribution is 5.98. The fourth-order valence-electron chi connectivity index (χ4n) is 4.34. The average molecular weight is 411 g/mol. The molecule has 0 aliphatic carbocycles. The highest BCUT2D eigenvalue weighted by atomic mass is 16.2. The van der Waals surface area contributed by atoms with E-state index >= 15 is 0 Å². The average Bonchev–Trinajstić information content (AvgIpc) is 3.36. The van der Waals surface area contributed by atoms with Gasteiger partial charge in [0.25, 0.3) is 5.91 Å². The fourth-order valence-corrected chi connectivity index (χ4v) is 4.34. The Bertz CT molecular complexity index is 935. The van der Waals surface area contributed by atoms with Crippen molar-refractivity contribution >= 4 is 17.7 Å². The lowest BCUT2D eigenvalue weighted by Gasteiger charge is -2.23. The van der Waals surface area contributed by atoms with E-state index in [0.29, 0.717) is 18.5 Å². The van der Waals surface area contributed by atoms with Crippen LogP contribution >= 0.6 is 0 Å². The summed E-state index contributed by atoms with van der Waals surface area (Å²) in [4.78, 5) is 38.9. The maximum absolute atomic E-state index is 12.8. The standard InChI is InChI=1S/C23H30N4O3/c1-15-13-19(17(3)27(15)16(2)18-9-6-5-7-10-18)22(29)25-14-21(28)26-12-8-11-20(26)23(30)24-4/h5-7,9-10,13,16,20H,8,11-12,14H2,1-4H3,(H,24,30)(H,25,29). The molecule has 2 N–H and O–H groups in total. The topological polar surface area (TPSA) is 83.4 Å². The molecule has 0 radical (unpaired) electrons. The Kier molecular flexibility index (Phi) is 6.59. The molecule has 1 aromatic heterocycles. The second-order valence-electron chi connectivity index (χ2n) is 7.78. The quantitative estimate of drug-likeness (QED) is 0.766. The molecule has 1 fully saturated rings. The third-order valence-corrected chi connectivity index (χ3v) is 5.92. The van der Waals surface area contributed by atoms with Crippen LogP contribution in [0.5, 0.6) is 0 Å². The van der Waals surface area contributed by atoms with Crippen LogP contribution in [0.25, 0.3) is 0 Å². The van der Waals surface area contributed by atoms with Crippen molar-refractivity contribution in [2.24, 2.45) is 0 Å². The molecule has 2 heterocycles. The van der Waals surface area contributed by atoms with Gasteiger partial charge in [0, 0.05) is 25.0 Å². The highest BCUT2D eigenvalue weighted by Gasteiger charge is 2.33. The molecule has 7 nitrogen and oxygen atoms in total. The first-order chi connectivity index (χ1) is 14.3. The first-order valence-electron chi connectivity index (χ1n) is 10.4. The molecule has 2 unspecified atom stereocenters. The van der Waals surface area contributed by atoms with E-state index < -0.39 is 6.04 Å². The Morgan fingerprint density at radius 3 is 2.53 bits per heavy atom. The number of hydrogen-bond acceptors (Lipinski definition) is 3. The van der Waals surface area contributed by atoms with Crippen LogP contribution in [0.4, 0.5) is 0 Å². The summed E-state index contributed by atoms with van der Waals surface area (Å²) < 4.78 is 2.13. The Morgan fingerprint density at radius 1 is 1.17 bits per heavy atom. The minimum Gasteiger partial charge on any atom is -0.357 e. The predicted molar refractivity (Wildman–Crippen MR) is 115 cm³/mol. The van der Waals surface area contributed by atoms with Crippen molar-refractivity contribution in [3.05, 3.63) is 58.9 Å². The number of amides is 3. The normalized spacial score (nSPS) is 16.9. The van der Waals surface area contributed by atoms with Crippen LogP contribution in [0.1, 0.15) is 53.1 Å². The van der Waals surface area contributed by atoms with Crippen molar-refractivity contribution in [1.29, 1.82) is 0 Å². The van der Waals surface area contributed by atoms with Crippen molar-refractivity contribution in [3.63, 3.8) is 0 Å². The summed E-state index contributed by atoms with van der Waals surface area (Å²) >= 11 is 0. The lowest BCUT2D eigenvalue weighted by atomic mass is 10.1. The molecule has 30 heavy (non-hydrogen) atoms. The predicted octanol–water partition coefficient (Wildman–Crippen LogP) is 2.18. The molecule has 7 heteroatoms.